The molecule has 2 aromatic rings. The van der Waals surface area contributed by atoms with E-state index >= 15 is 0 Å². The molecule has 3 rings (SSSR count). The van der Waals surface area contributed by atoms with Crippen LogP contribution in [0, 0.1) is 19.3 Å². The molecule has 140 valence electrons. The summed E-state index contributed by atoms with van der Waals surface area (Å²) < 4.78 is 7.30. The van der Waals surface area contributed by atoms with Gasteiger partial charge in [0, 0.05) is 30.3 Å². The van der Waals surface area contributed by atoms with Crippen molar-refractivity contribution in [3.63, 3.8) is 0 Å². The van der Waals surface area contributed by atoms with Crippen molar-refractivity contribution in [1.82, 2.24) is 20.4 Å². The van der Waals surface area contributed by atoms with Gasteiger partial charge >= 0.3 is 0 Å². The number of piperidine rings is 1. The van der Waals surface area contributed by atoms with E-state index in [4.69, 9.17) is 4.74 Å². The van der Waals surface area contributed by atoms with Crippen molar-refractivity contribution in [2.75, 3.05) is 33.4 Å². The molecule has 1 aliphatic heterocycles. The average molecular weight is 356 g/mol. The van der Waals surface area contributed by atoms with Gasteiger partial charge in [-0.05, 0) is 70.1 Å². The van der Waals surface area contributed by atoms with Gasteiger partial charge in [-0.15, -0.1) is 0 Å². The number of aromatic nitrogens is 2. The third-order valence-corrected chi connectivity index (χ3v) is 5.12. The number of methoxy groups -OCH3 is 1. The zero-order valence-corrected chi connectivity index (χ0v) is 15.8. The van der Waals surface area contributed by atoms with E-state index in [-0.39, 0.29) is 11.3 Å². The Kier molecular flexibility index (Phi) is 5.74. The quantitative estimate of drug-likeness (QED) is 0.833. The second kappa shape index (κ2) is 8.01. The van der Waals surface area contributed by atoms with Crippen LogP contribution < -0.4 is 10.6 Å². The Balaban J connectivity index is 1.65. The number of aryl methyl sites for hydroxylation is 2. The molecule has 1 aliphatic rings. The van der Waals surface area contributed by atoms with E-state index in [0.29, 0.717) is 18.7 Å². The monoisotopic (exact) mass is 356 g/mol. The van der Waals surface area contributed by atoms with E-state index in [1.54, 1.807) is 7.11 Å². The average Bonchev–Trinajstić information content (AvgIpc) is 2.99. The van der Waals surface area contributed by atoms with Crippen LogP contribution in [0.3, 0.4) is 0 Å². The normalized spacial score (nSPS) is 16.4. The summed E-state index contributed by atoms with van der Waals surface area (Å²) in [7, 11) is 1.73. The minimum Gasteiger partial charge on any atom is -0.384 e. The zero-order chi connectivity index (χ0) is 18.6. The van der Waals surface area contributed by atoms with Gasteiger partial charge in [-0.2, -0.15) is 5.10 Å². The topological polar surface area (TPSA) is 68.2 Å². The molecule has 6 heteroatoms. The predicted octanol–water partition coefficient (Wildman–Crippen LogP) is 2.24. The van der Waals surface area contributed by atoms with Crippen LogP contribution in [0.2, 0.25) is 0 Å². The van der Waals surface area contributed by atoms with Gasteiger partial charge in [0.15, 0.2) is 0 Å². The molecule has 1 amide bonds. The Morgan fingerprint density at radius 3 is 2.54 bits per heavy atom. The molecule has 1 saturated heterocycles. The highest BCUT2D eigenvalue weighted by molar-refractivity contribution is 5.94. The van der Waals surface area contributed by atoms with Crippen molar-refractivity contribution < 1.29 is 9.53 Å². The van der Waals surface area contributed by atoms with Crippen molar-refractivity contribution in [3.05, 3.63) is 47.3 Å². The largest absolute Gasteiger partial charge is 0.384 e. The highest BCUT2D eigenvalue weighted by Gasteiger charge is 2.32. The Labute approximate surface area is 154 Å². The summed E-state index contributed by atoms with van der Waals surface area (Å²) in [6.45, 7) is 7.25. The second-order valence-electron chi connectivity index (χ2n) is 7.25. The molecule has 6 nitrogen and oxygen atoms in total. The van der Waals surface area contributed by atoms with E-state index < -0.39 is 0 Å². The van der Waals surface area contributed by atoms with E-state index in [2.05, 4.69) is 15.7 Å². The first kappa shape index (κ1) is 18.6. The van der Waals surface area contributed by atoms with Crippen molar-refractivity contribution in [3.8, 4) is 5.69 Å². The smallest absolute Gasteiger partial charge is 0.251 e. The SMILES string of the molecule is COCC1(CNC(=O)c2ccc(-n3nc(C)cc3C)cc2)CCNCC1. The molecule has 0 spiro atoms. The third-order valence-electron chi connectivity index (χ3n) is 5.12. The van der Waals surface area contributed by atoms with E-state index in [1.807, 2.05) is 48.9 Å². The molecular formula is C20H28N4O2. The molecule has 0 aliphatic carbocycles. The van der Waals surface area contributed by atoms with E-state index in [1.165, 1.54) is 0 Å². The van der Waals surface area contributed by atoms with Gasteiger partial charge in [0.05, 0.1) is 18.0 Å². The summed E-state index contributed by atoms with van der Waals surface area (Å²) in [5.41, 5.74) is 3.71. The number of ether oxygens (including phenoxy) is 1. The van der Waals surface area contributed by atoms with Crippen LogP contribution in [0.5, 0.6) is 0 Å². The van der Waals surface area contributed by atoms with Crippen LogP contribution in [0.25, 0.3) is 5.69 Å². The molecule has 1 aromatic carbocycles. The number of rotatable bonds is 6. The fraction of sp³-hybridized carbons (Fsp3) is 0.500. The van der Waals surface area contributed by atoms with Crippen LogP contribution >= 0.6 is 0 Å². The summed E-state index contributed by atoms with van der Waals surface area (Å²) >= 11 is 0. The number of benzene rings is 1. The minimum absolute atomic E-state index is 0.0271. The minimum atomic E-state index is -0.0427. The van der Waals surface area contributed by atoms with Gasteiger partial charge in [0.25, 0.3) is 5.91 Å². The zero-order valence-electron chi connectivity index (χ0n) is 15.8. The summed E-state index contributed by atoms with van der Waals surface area (Å²) in [4.78, 5) is 12.6. The number of nitrogens with one attached hydrogen (secondary N) is 2. The summed E-state index contributed by atoms with van der Waals surface area (Å²) in [5, 5.41) is 10.9. The van der Waals surface area contributed by atoms with Crippen molar-refractivity contribution in [1.29, 1.82) is 0 Å². The Bertz CT molecular complexity index is 740. The number of hydrogen-bond donors (Lipinski definition) is 2. The van der Waals surface area contributed by atoms with Crippen LogP contribution in [0.4, 0.5) is 0 Å². The third kappa shape index (κ3) is 4.14. The fourth-order valence-electron chi connectivity index (χ4n) is 3.65. The lowest BCUT2D eigenvalue weighted by Crippen LogP contribution is -2.47. The molecule has 0 bridgehead atoms. The molecule has 0 saturated carbocycles. The lowest BCUT2D eigenvalue weighted by Gasteiger charge is -2.37. The van der Waals surface area contributed by atoms with E-state index in [0.717, 1.165) is 43.0 Å². The molecule has 2 N–H and O–H groups in total. The van der Waals surface area contributed by atoms with Crippen molar-refractivity contribution in [2.24, 2.45) is 5.41 Å². The van der Waals surface area contributed by atoms with Gasteiger partial charge in [0.1, 0.15) is 0 Å². The molecule has 26 heavy (non-hydrogen) atoms. The first-order chi connectivity index (χ1) is 12.5. The summed E-state index contributed by atoms with van der Waals surface area (Å²) in [6, 6.07) is 9.61. The molecule has 0 atom stereocenters. The standard InChI is InChI=1S/C20H28N4O2/c1-15-12-16(2)24(23-15)18-6-4-17(5-7-18)19(25)22-13-20(14-26-3)8-10-21-11-9-20/h4-7,12,21H,8-11,13-14H2,1-3H3,(H,22,25). The fourth-order valence-corrected chi connectivity index (χ4v) is 3.65. The summed E-state index contributed by atoms with van der Waals surface area (Å²) in [6.07, 6.45) is 2.02. The molecule has 0 radical (unpaired) electrons. The number of carbonyl (C=O) groups excluding carboxylic acids is 1. The van der Waals surface area contributed by atoms with E-state index in [9.17, 15) is 4.79 Å². The highest BCUT2D eigenvalue weighted by Crippen LogP contribution is 2.28. The maximum Gasteiger partial charge on any atom is 0.251 e. The maximum atomic E-state index is 12.6. The van der Waals surface area contributed by atoms with Crippen LogP contribution in [0.1, 0.15) is 34.6 Å². The molecule has 0 unspecified atom stereocenters. The lowest BCUT2D eigenvalue weighted by atomic mass is 9.79. The number of amides is 1. The molecule has 1 fully saturated rings. The van der Waals surface area contributed by atoms with Gasteiger partial charge in [-0.25, -0.2) is 4.68 Å². The number of carbonyl (C=O) groups is 1. The van der Waals surface area contributed by atoms with Crippen molar-refractivity contribution in [2.45, 2.75) is 26.7 Å². The molecule has 1 aromatic heterocycles. The molecule has 2 heterocycles. The van der Waals surface area contributed by atoms with Gasteiger partial charge < -0.3 is 15.4 Å². The first-order valence-electron chi connectivity index (χ1n) is 9.15. The molecular weight excluding hydrogens is 328 g/mol. The highest BCUT2D eigenvalue weighted by atomic mass is 16.5. The Hall–Kier alpha value is -2.18. The van der Waals surface area contributed by atoms with Gasteiger partial charge in [0.2, 0.25) is 0 Å². The lowest BCUT2D eigenvalue weighted by molar-refractivity contribution is 0.0512. The second-order valence-corrected chi connectivity index (χ2v) is 7.25. The number of hydrogen-bond acceptors (Lipinski definition) is 4. The van der Waals surface area contributed by atoms with Gasteiger partial charge in [-0.1, -0.05) is 0 Å². The first-order valence-corrected chi connectivity index (χ1v) is 9.15. The van der Waals surface area contributed by atoms with Gasteiger partial charge in [-0.3, -0.25) is 4.79 Å². The number of nitrogens with zero attached hydrogens (tertiary/aromatic N) is 2. The van der Waals surface area contributed by atoms with Crippen LogP contribution in [-0.4, -0.2) is 49.0 Å². The maximum absolute atomic E-state index is 12.6. The van der Waals surface area contributed by atoms with Crippen LogP contribution in [-0.2, 0) is 4.74 Å². The Morgan fingerprint density at radius 2 is 1.96 bits per heavy atom. The van der Waals surface area contributed by atoms with Crippen LogP contribution in [0.15, 0.2) is 30.3 Å². The van der Waals surface area contributed by atoms with Crippen molar-refractivity contribution >= 4 is 5.91 Å². The predicted molar refractivity (Wildman–Crippen MR) is 102 cm³/mol. The summed E-state index contributed by atoms with van der Waals surface area (Å²) in [5.74, 6) is -0.0427. The Morgan fingerprint density at radius 1 is 1.27 bits per heavy atom.